The van der Waals surface area contributed by atoms with E-state index in [0.717, 1.165) is 6.33 Å². The van der Waals surface area contributed by atoms with Crippen molar-refractivity contribution in [1.29, 1.82) is 0 Å². The lowest BCUT2D eigenvalue weighted by Gasteiger charge is -1.99. The van der Waals surface area contributed by atoms with Crippen LogP contribution < -0.4 is 9.46 Å². The highest BCUT2D eigenvalue weighted by molar-refractivity contribution is 5.66. The van der Waals surface area contributed by atoms with Crippen LogP contribution in [0.1, 0.15) is 0 Å². The van der Waals surface area contributed by atoms with Crippen molar-refractivity contribution in [2.24, 2.45) is 0 Å². The number of nitrogens with zero attached hydrogens (tertiary/aromatic N) is 3. The van der Waals surface area contributed by atoms with Crippen molar-refractivity contribution < 1.29 is 9.46 Å². The van der Waals surface area contributed by atoms with Crippen LogP contribution in [0.2, 0.25) is 0 Å². The van der Waals surface area contributed by atoms with Crippen LogP contribution in [0.3, 0.4) is 0 Å². The second-order valence-corrected chi connectivity index (χ2v) is 2.33. The third-order valence-corrected chi connectivity index (χ3v) is 1.56. The minimum atomic E-state index is 0.0625. The molecule has 0 N–H and O–H groups in total. The number of aromatic nitrogens is 3. The fraction of sp³-hybridized carbons (Fsp3) is 0. The topological polar surface area (TPSA) is 66.8 Å². The lowest BCUT2D eigenvalue weighted by molar-refractivity contribution is -0.693. The third-order valence-electron chi connectivity index (χ3n) is 1.56. The Morgan fingerprint density at radius 1 is 1.25 bits per heavy atom. The van der Waals surface area contributed by atoms with Crippen molar-refractivity contribution in [2.75, 3.05) is 0 Å². The molecule has 2 heterocycles. The zero-order valence-electron chi connectivity index (χ0n) is 6.04. The maximum absolute atomic E-state index is 11.1. The molecule has 0 atom stereocenters. The molecule has 0 bridgehead atoms. The summed E-state index contributed by atoms with van der Waals surface area (Å²) in [7, 11) is 0. The maximum atomic E-state index is 11.1. The monoisotopic (exact) mass is 163 g/mol. The first kappa shape index (κ1) is 6.78. The van der Waals surface area contributed by atoms with E-state index in [9.17, 15) is 10.4 Å². The Balaban J connectivity index is 2.96. The van der Waals surface area contributed by atoms with Gasteiger partial charge in [0.05, 0.1) is 6.20 Å². The second-order valence-electron chi connectivity index (χ2n) is 2.33. The SMILES string of the molecule is [O-][n+]1cccc2cnc[n+]([O-])c21. The highest BCUT2D eigenvalue weighted by Gasteiger charge is 2.11. The van der Waals surface area contributed by atoms with Crippen LogP contribution in [0.5, 0.6) is 0 Å². The lowest BCUT2D eigenvalue weighted by Crippen LogP contribution is -2.41. The van der Waals surface area contributed by atoms with Crippen molar-refractivity contribution in [1.82, 2.24) is 4.98 Å². The largest absolute Gasteiger partial charge is 0.614 e. The molecule has 2 rings (SSSR count). The van der Waals surface area contributed by atoms with E-state index in [4.69, 9.17) is 0 Å². The summed E-state index contributed by atoms with van der Waals surface area (Å²) in [5, 5.41) is 22.6. The number of fused-ring (bicyclic) bond motifs is 1. The smallest absolute Gasteiger partial charge is 0.476 e. The van der Waals surface area contributed by atoms with Crippen molar-refractivity contribution >= 4 is 11.0 Å². The number of rotatable bonds is 0. The molecule has 0 aliphatic carbocycles. The predicted octanol–water partition coefficient (Wildman–Crippen LogP) is -0.498. The number of hydrogen-bond donors (Lipinski definition) is 0. The molecular weight excluding hydrogens is 158 g/mol. The number of hydrogen-bond acceptors (Lipinski definition) is 3. The molecule has 0 unspecified atom stereocenters. The lowest BCUT2D eigenvalue weighted by atomic mass is 10.3. The van der Waals surface area contributed by atoms with Crippen molar-refractivity contribution in [3.63, 3.8) is 0 Å². The summed E-state index contributed by atoms with van der Waals surface area (Å²) in [6.07, 6.45) is 3.80. The Kier molecular flexibility index (Phi) is 1.30. The van der Waals surface area contributed by atoms with Crippen LogP contribution in [-0.2, 0) is 0 Å². The molecular formula is C7H5N3O2. The molecule has 0 aliphatic heterocycles. The molecule has 0 aromatic carbocycles. The normalized spacial score (nSPS) is 10.3. The Morgan fingerprint density at radius 2 is 2.08 bits per heavy atom. The van der Waals surface area contributed by atoms with Crippen molar-refractivity contribution in [3.8, 4) is 0 Å². The van der Waals surface area contributed by atoms with Crippen molar-refractivity contribution in [3.05, 3.63) is 41.3 Å². The Morgan fingerprint density at radius 3 is 2.83 bits per heavy atom. The van der Waals surface area contributed by atoms with E-state index in [2.05, 4.69) is 4.98 Å². The maximum Gasteiger partial charge on any atom is 0.476 e. The van der Waals surface area contributed by atoms with Gasteiger partial charge in [0.25, 0.3) is 6.33 Å². The first-order valence-corrected chi connectivity index (χ1v) is 3.34. The molecule has 60 valence electrons. The Hall–Kier alpha value is -1.91. The van der Waals surface area contributed by atoms with Crippen LogP contribution in [0.25, 0.3) is 11.0 Å². The van der Waals surface area contributed by atoms with Gasteiger partial charge in [-0.05, 0) is 6.07 Å². The molecule has 12 heavy (non-hydrogen) atoms. The predicted molar refractivity (Wildman–Crippen MR) is 39.7 cm³/mol. The Labute approximate surface area is 67.7 Å². The molecule has 0 amide bonds. The van der Waals surface area contributed by atoms with E-state index in [1.165, 1.54) is 12.4 Å². The molecule has 0 saturated heterocycles. The van der Waals surface area contributed by atoms with E-state index < -0.39 is 0 Å². The van der Waals surface area contributed by atoms with Crippen LogP contribution in [0.15, 0.2) is 30.9 Å². The van der Waals surface area contributed by atoms with Crippen LogP contribution in [0.4, 0.5) is 0 Å². The van der Waals surface area contributed by atoms with Gasteiger partial charge in [-0.3, -0.25) is 0 Å². The zero-order valence-corrected chi connectivity index (χ0v) is 6.04. The molecule has 2 aromatic heterocycles. The average Bonchev–Trinajstić information content (AvgIpc) is 2.04. The van der Waals surface area contributed by atoms with Gasteiger partial charge in [-0.15, -0.1) is 4.73 Å². The van der Waals surface area contributed by atoms with Gasteiger partial charge in [-0.2, -0.15) is 0 Å². The summed E-state index contributed by atoms with van der Waals surface area (Å²) in [6, 6.07) is 3.22. The summed E-state index contributed by atoms with van der Waals surface area (Å²) in [5.74, 6) is 0. The quantitative estimate of drug-likeness (QED) is 0.388. The van der Waals surface area contributed by atoms with Gasteiger partial charge in [0, 0.05) is 6.07 Å². The molecule has 0 fully saturated rings. The van der Waals surface area contributed by atoms with Gasteiger partial charge in [0.1, 0.15) is 5.39 Å². The highest BCUT2D eigenvalue weighted by Crippen LogP contribution is 1.99. The molecule has 0 aliphatic rings. The molecule has 0 radical (unpaired) electrons. The highest BCUT2D eigenvalue weighted by atomic mass is 16.5. The fourth-order valence-electron chi connectivity index (χ4n) is 1.05. The molecule has 0 spiro atoms. The molecule has 5 heteroatoms. The van der Waals surface area contributed by atoms with E-state index in [1.807, 2.05) is 0 Å². The standard InChI is InChI=1S/C7H5N3O2/c11-9-3-1-2-6-4-8-5-10(12)7(6)9/h1-5H. The van der Waals surface area contributed by atoms with Gasteiger partial charge in [0.2, 0.25) is 0 Å². The van der Waals surface area contributed by atoms with Crippen LogP contribution in [-0.4, -0.2) is 4.98 Å². The van der Waals surface area contributed by atoms with Gasteiger partial charge in [0.15, 0.2) is 6.20 Å². The molecule has 5 nitrogen and oxygen atoms in total. The summed E-state index contributed by atoms with van der Waals surface area (Å²) >= 11 is 0. The summed E-state index contributed by atoms with van der Waals surface area (Å²) in [5.41, 5.74) is 0.0625. The molecule has 2 aromatic rings. The van der Waals surface area contributed by atoms with E-state index in [0.29, 0.717) is 14.8 Å². The van der Waals surface area contributed by atoms with Gasteiger partial charge in [-0.25, -0.2) is 4.98 Å². The van der Waals surface area contributed by atoms with E-state index in [1.54, 1.807) is 12.1 Å². The van der Waals surface area contributed by atoms with Crippen molar-refractivity contribution in [2.45, 2.75) is 0 Å². The summed E-state index contributed by atoms with van der Waals surface area (Å²) in [6.45, 7) is 0. The summed E-state index contributed by atoms with van der Waals surface area (Å²) < 4.78 is 0.965. The fourth-order valence-corrected chi connectivity index (χ4v) is 1.05. The van der Waals surface area contributed by atoms with Crippen LogP contribution >= 0.6 is 0 Å². The van der Waals surface area contributed by atoms with Gasteiger partial charge >= 0.3 is 5.65 Å². The molecule has 0 saturated carbocycles. The van der Waals surface area contributed by atoms with E-state index >= 15 is 0 Å². The first-order chi connectivity index (χ1) is 5.79. The first-order valence-electron chi connectivity index (χ1n) is 3.34. The van der Waals surface area contributed by atoms with Gasteiger partial charge in [-0.1, -0.05) is 4.73 Å². The minimum Gasteiger partial charge on any atom is -0.614 e. The number of pyridine rings is 1. The third kappa shape index (κ3) is 0.833. The minimum absolute atomic E-state index is 0.0625. The Bertz CT molecular complexity index is 393. The summed E-state index contributed by atoms with van der Waals surface area (Å²) in [4.78, 5) is 3.65. The van der Waals surface area contributed by atoms with Gasteiger partial charge < -0.3 is 10.4 Å². The average molecular weight is 163 g/mol. The second kappa shape index (κ2) is 2.30. The van der Waals surface area contributed by atoms with Crippen LogP contribution in [0, 0.1) is 10.4 Å². The zero-order chi connectivity index (χ0) is 8.55. The van der Waals surface area contributed by atoms with E-state index in [-0.39, 0.29) is 5.65 Å².